The fraction of sp³-hybridized carbons (Fsp3) is 0.348. The van der Waals surface area contributed by atoms with Gasteiger partial charge in [-0.25, -0.2) is 10.4 Å². The van der Waals surface area contributed by atoms with Crippen LogP contribution in [0.2, 0.25) is 0 Å². The molecule has 0 saturated carbocycles. The number of thioether (sulfide) groups is 1. The van der Waals surface area contributed by atoms with E-state index in [0.29, 0.717) is 17.6 Å². The van der Waals surface area contributed by atoms with Crippen molar-refractivity contribution < 1.29 is 9.53 Å². The van der Waals surface area contributed by atoms with Gasteiger partial charge in [-0.1, -0.05) is 23.9 Å². The zero-order valence-electron chi connectivity index (χ0n) is 18.4. The van der Waals surface area contributed by atoms with Crippen LogP contribution in [-0.2, 0) is 4.79 Å². The van der Waals surface area contributed by atoms with Crippen molar-refractivity contribution >= 4 is 40.0 Å². The zero-order valence-corrected chi connectivity index (χ0v) is 19.2. The van der Waals surface area contributed by atoms with Gasteiger partial charge in [-0.3, -0.25) is 20.5 Å². The molecule has 3 unspecified atom stereocenters. The van der Waals surface area contributed by atoms with Gasteiger partial charge in [0.05, 0.1) is 18.3 Å². The van der Waals surface area contributed by atoms with Crippen molar-refractivity contribution in [3.05, 3.63) is 54.1 Å². The minimum absolute atomic E-state index is 0.0672. The lowest BCUT2D eigenvalue weighted by molar-refractivity contribution is -0.113. The Balaban J connectivity index is 1.53. The van der Waals surface area contributed by atoms with Gasteiger partial charge < -0.3 is 10.1 Å². The van der Waals surface area contributed by atoms with Crippen LogP contribution < -0.4 is 25.8 Å². The molecule has 0 spiro atoms. The van der Waals surface area contributed by atoms with Crippen molar-refractivity contribution in [1.82, 2.24) is 10.9 Å². The zero-order chi connectivity index (χ0) is 22.7. The van der Waals surface area contributed by atoms with E-state index in [1.54, 1.807) is 0 Å². The molecule has 32 heavy (non-hydrogen) atoms. The summed E-state index contributed by atoms with van der Waals surface area (Å²) in [5.41, 5.74) is 9.02. The summed E-state index contributed by atoms with van der Waals surface area (Å²) in [6, 6.07) is 15.4. The van der Waals surface area contributed by atoms with E-state index in [4.69, 9.17) is 15.1 Å². The van der Waals surface area contributed by atoms with Crippen LogP contribution in [0.25, 0.3) is 0 Å². The quantitative estimate of drug-likeness (QED) is 0.536. The molecule has 4 N–H and O–H groups in total. The number of hydrazine groups is 1. The van der Waals surface area contributed by atoms with Crippen LogP contribution in [0, 0.1) is 18.3 Å². The van der Waals surface area contributed by atoms with E-state index in [1.807, 2.05) is 74.2 Å². The Morgan fingerprint density at radius 2 is 2.03 bits per heavy atom. The molecule has 1 saturated heterocycles. The molecule has 3 atom stereocenters. The van der Waals surface area contributed by atoms with Gasteiger partial charge in [0.2, 0.25) is 5.91 Å². The number of rotatable bonds is 6. The maximum Gasteiger partial charge on any atom is 0.234 e. The Bertz CT molecular complexity index is 1030. The number of benzene rings is 2. The largest absolute Gasteiger partial charge is 0.494 e. The summed E-state index contributed by atoms with van der Waals surface area (Å²) in [5.74, 6) is 1.19. The number of aliphatic imine (C=N–C) groups is 1. The first kappa shape index (κ1) is 22.3. The highest BCUT2D eigenvalue weighted by Gasteiger charge is 2.43. The number of fused-ring (bicyclic) bond motifs is 1. The number of hydrogen-bond acceptors (Lipinski definition) is 7. The lowest BCUT2D eigenvalue weighted by Gasteiger charge is -2.36. The minimum atomic E-state index is -0.237. The van der Waals surface area contributed by atoms with Crippen molar-refractivity contribution in [2.45, 2.75) is 33.0 Å². The number of aryl methyl sites for hydroxylation is 1. The fourth-order valence-corrected chi connectivity index (χ4v) is 4.71. The van der Waals surface area contributed by atoms with Crippen molar-refractivity contribution in [2.75, 3.05) is 22.6 Å². The summed E-state index contributed by atoms with van der Waals surface area (Å²) in [6.07, 6.45) is -0.237. The molecule has 2 heterocycles. The third-order valence-corrected chi connectivity index (χ3v) is 6.33. The number of ether oxygens (including phenoxy) is 1. The van der Waals surface area contributed by atoms with Crippen LogP contribution in [0.15, 0.2) is 53.5 Å². The van der Waals surface area contributed by atoms with Gasteiger partial charge in [-0.2, -0.15) is 0 Å². The molecule has 1 amide bonds. The van der Waals surface area contributed by atoms with Gasteiger partial charge in [0, 0.05) is 17.4 Å². The van der Waals surface area contributed by atoms with Crippen LogP contribution in [0.5, 0.6) is 5.75 Å². The van der Waals surface area contributed by atoms with E-state index < -0.39 is 0 Å². The Morgan fingerprint density at radius 1 is 1.25 bits per heavy atom. The monoisotopic (exact) mass is 452 g/mol. The van der Waals surface area contributed by atoms with Crippen molar-refractivity contribution in [3.8, 4) is 5.75 Å². The number of nitrogens with zero attached hydrogens (tertiary/aromatic N) is 2. The molecule has 8 nitrogen and oxygen atoms in total. The van der Waals surface area contributed by atoms with Crippen LogP contribution in [0.1, 0.15) is 19.4 Å². The highest BCUT2D eigenvalue weighted by atomic mass is 32.2. The van der Waals surface area contributed by atoms with E-state index in [0.717, 1.165) is 22.7 Å². The topological polar surface area (TPSA) is 102 Å². The van der Waals surface area contributed by atoms with Gasteiger partial charge in [-0.15, -0.1) is 0 Å². The van der Waals surface area contributed by atoms with E-state index in [-0.39, 0.29) is 29.8 Å². The van der Waals surface area contributed by atoms with Crippen LogP contribution >= 0.6 is 11.8 Å². The second-order valence-corrected chi connectivity index (χ2v) is 8.76. The molecular formula is C23H28N6O2S. The number of amidine groups is 2. The van der Waals surface area contributed by atoms with Crippen LogP contribution in [-0.4, -0.2) is 41.5 Å². The number of carbonyl (C=O) groups is 1. The summed E-state index contributed by atoms with van der Waals surface area (Å²) in [7, 11) is 0. The van der Waals surface area contributed by atoms with E-state index in [9.17, 15) is 4.79 Å². The maximum atomic E-state index is 12.6. The van der Waals surface area contributed by atoms with Gasteiger partial charge in [-0.05, 0) is 62.7 Å². The van der Waals surface area contributed by atoms with Crippen molar-refractivity contribution in [2.24, 2.45) is 10.9 Å². The Kier molecular flexibility index (Phi) is 6.78. The molecule has 2 aromatic rings. The molecule has 1 fully saturated rings. The Hall–Kier alpha value is -2.88. The van der Waals surface area contributed by atoms with Crippen molar-refractivity contribution in [1.29, 1.82) is 5.41 Å². The van der Waals surface area contributed by atoms with E-state index in [2.05, 4.69) is 16.2 Å². The first-order valence-electron chi connectivity index (χ1n) is 10.7. The van der Waals surface area contributed by atoms with E-state index in [1.165, 1.54) is 11.8 Å². The Labute approximate surface area is 192 Å². The number of amides is 1. The summed E-state index contributed by atoms with van der Waals surface area (Å²) in [6.45, 7) is 6.56. The van der Waals surface area contributed by atoms with E-state index >= 15 is 0 Å². The lowest BCUT2D eigenvalue weighted by Crippen LogP contribution is -2.50. The third kappa shape index (κ3) is 4.79. The van der Waals surface area contributed by atoms with Crippen LogP contribution in [0.3, 0.4) is 0 Å². The molecule has 4 rings (SSSR count). The SMILES string of the molecule is CCOc1ccc(N2C(=N)C3C(C)NNC3N=C2SCC(=O)Nc2cccc(C)c2)cc1. The molecule has 2 aliphatic rings. The van der Waals surface area contributed by atoms with Gasteiger partial charge in [0.1, 0.15) is 17.8 Å². The number of carbonyl (C=O) groups excluding carboxylic acids is 1. The molecule has 0 radical (unpaired) electrons. The first-order chi connectivity index (χ1) is 15.5. The average molecular weight is 453 g/mol. The molecule has 2 aromatic carbocycles. The standard InChI is InChI=1S/C23H28N6O2S/c1-4-31-18-10-8-17(9-11-18)29-21(24)20-15(3)27-28-22(20)26-23(29)32-13-19(30)25-16-7-5-6-14(2)12-16/h5-12,15,20,22,24,27-28H,4,13H2,1-3H3,(H,25,30). The number of hydrogen-bond donors (Lipinski definition) is 4. The normalized spacial score (nSPS) is 22.3. The summed E-state index contributed by atoms with van der Waals surface area (Å²) in [5, 5.41) is 12.5. The smallest absolute Gasteiger partial charge is 0.234 e. The molecule has 9 heteroatoms. The highest BCUT2D eigenvalue weighted by Crippen LogP contribution is 2.32. The van der Waals surface area contributed by atoms with Crippen molar-refractivity contribution in [3.63, 3.8) is 0 Å². The highest BCUT2D eigenvalue weighted by molar-refractivity contribution is 8.14. The predicted molar refractivity (Wildman–Crippen MR) is 131 cm³/mol. The second-order valence-electron chi connectivity index (χ2n) is 7.81. The maximum absolute atomic E-state index is 12.6. The molecule has 0 aromatic heterocycles. The summed E-state index contributed by atoms with van der Waals surface area (Å²) in [4.78, 5) is 19.2. The third-order valence-electron chi connectivity index (χ3n) is 5.38. The minimum Gasteiger partial charge on any atom is -0.494 e. The molecule has 0 bridgehead atoms. The predicted octanol–water partition coefficient (Wildman–Crippen LogP) is 3.36. The molecular weight excluding hydrogens is 424 g/mol. The second kappa shape index (κ2) is 9.72. The fourth-order valence-electron chi connectivity index (χ4n) is 3.86. The molecule has 168 valence electrons. The first-order valence-corrected chi connectivity index (χ1v) is 11.6. The Morgan fingerprint density at radius 3 is 2.75 bits per heavy atom. The summed E-state index contributed by atoms with van der Waals surface area (Å²) >= 11 is 1.32. The average Bonchev–Trinajstić information content (AvgIpc) is 3.14. The number of nitrogens with one attached hydrogen (secondary N) is 4. The van der Waals surface area contributed by atoms with Crippen LogP contribution in [0.4, 0.5) is 11.4 Å². The molecule has 2 aliphatic heterocycles. The van der Waals surface area contributed by atoms with Gasteiger partial charge in [0.25, 0.3) is 0 Å². The number of anilines is 2. The van der Waals surface area contributed by atoms with Gasteiger partial charge >= 0.3 is 0 Å². The summed E-state index contributed by atoms with van der Waals surface area (Å²) < 4.78 is 5.55. The molecule has 0 aliphatic carbocycles. The lowest BCUT2D eigenvalue weighted by atomic mass is 9.97. The van der Waals surface area contributed by atoms with Gasteiger partial charge in [0.15, 0.2) is 5.17 Å².